The lowest BCUT2D eigenvalue weighted by Gasteiger charge is -2.14. The molecule has 0 aliphatic heterocycles. The third-order valence-corrected chi connectivity index (χ3v) is 3.91. The SMILES string of the molecule is CC(C)NCCc1ccc(C(=O)NC[Si](C)(C)O)cc1. The molecule has 3 N–H and O–H groups in total. The van der Waals surface area contributed by atoms with Gasteiger partial charge in [-0.25, -0.2) is 0 Å². The minimum absolute atomic E-state index is 0.119. The number of carbonyl (C=O) groups excluding carboxylic acids is 1. The van der Waals surface area contributed by atoms with Gasteiger partial charge in [0.2, 0.25) is 8.32 Å². The van der Waals surface area contributed by atoms with E-state index in [1.807, 2.05) is 24.3 Å². The quantitative estimate of drug-likeness (QED) is 0.671. The Hall–Kier alpha value is -1.17. The number of carbonyl (C=O) groups is 1. The average Bonchev–Trinajstić information content (AvgIpc) is 2.35. The lowest BCUT2D eigenvalue weighted by atomic mass is 10.1. The van der Waals surface area contributed by atoms with Crippen molar-refractivity contribution in [2.75, 3.05) is 12.7 Å². The summed E-state index contributed by atoms with van der Waals surface area (Å²) in [7, 11) is -2.23. The predicted octanol–water partition coefficient (Wildman–Crippen LogP) is 1.69. The van der Waals surface area contributed by atoms with Crippen LogP contribution in [-0.2, 0) is 6.42 Å². The molecule has 0 fully saturated rings. The Kier molecular flexibility index (Phi) is 6.39. The molecule has 1 aromatic carbocycles. The average molecular weight is 294 g/mol. The molecule has 1 rings (SSSR count). The molecular weight excluding hydrogens is 268 g/mol. The highest BCUT2D eigenvalue weighted by Gasteiger charge is 2.18. The molecule has 0 heterocycles. The van der Waals surface area contributed by atoms with Crippen LogP contribution in [0, 0.1) is 0 Å². The van der Waals surface area contributed by atoms with Crippen LogP contribution in [-0.4, -0.2) is 37.8 Å². The van der Waals surface area contributed by atoms with Crippen molar-refractivity contribution in [2.45, 2.75) is 39.4 Å². The summed E-state index contributed by atoms with van der Waals surface area (Å²) in [4.78, 5) is 21.6. The summed E-state index contributed by atoms with van der Waals surface area (Å²) >= 11 is 0. The summed E-state index contributed by atoms with van der Waals surface area (Å²) in [5.74, 6) is -0.119. The second-order valence-electron chi connectivity index (χ2n) is 6.05. The lowest BCUT2D eigenvalue weighted by molar-refractivity contribution is 0.0958. The zero-order valence-corrected chi connectivity index (χ0v) is 13.9. The molecule has 4 nitrogen and oxygen atoms in total. The van der Waals surface area contributed by atoms with Gasteiger partial charge >= 0.3 is 0 Å². The van der Waals surface area contributed by atoms with Crippen molar-refractivity contribution in [3.63, 3.8) is 0 Å². The standard InChI is InChI=1S/C15H26N2O2Si/c1-12(2)16-10-9-13-5-7-14(8-6-13)15(18)17-11-20(3,4)19/h5-8,12,16,19H,9-11H2,1-4H3,(H,17,18). The molecule has 5 heteroatoms. The molecule has 1 amide bonds. The topological polar surface area (TPSA) is 61.4 Å². The van der Waals surface area contributed by atoms with E-state index in [2.05, 4.69) is 24.5 Å². The second-order valence-corrected chi connectivity index (χ2v) is 10.0. The number of rotatable bonds is 7. The molecule has 0 aromatic heterocycles. The Morgan fingerprint density at radius 3 is 2.35 bits per heavy atom. The highest BCUT2D eigenvalue weighted by Crippen LogP contribution is 2.05. The smallest absolute Gasteiger partial charge is 0.251 e. The van der Waals surface area contributed by atoms with Crippen LogP contribution in [0.15, 0.2) is 24.3 Å². The number of hydrogen-bond donors (Lipinski definition) is 3. The molecule has 0 spiro atoms. The normalized spacial score (nSPS) is 11.7. The summed E-state index contributed by atoms with van der Waals surface area (Å²) in [5, 5.41) is 6.14. The molecule has 0 atom stereocenters. The monoisotopic (exact) mass is 294 g/mol. The minimum Gasteiger partial charge on any atom is -0.431 e. The largest absolute Gasteiger partial charge is 0.431 e. The zero-order chi connectivity index (χ0) is 15.2. The molecular formula is C15H26N2O2Si. The van der Waals surface area contributed by atoms with Gasteiger partial charge in [0.05, 0.1) is 0 Å². The van der Waals surface area contributed by atoms with E-state index in [0.29, 0.717) is 17.8 Å². The van der Waals surface area contributed by atoms with Crippen LogP contribution in [0.25, 0.3) is 0 Å². The van der Waals surface area contributed by atoms with Crippen molar-refractivity contribution >= 4 is 14.2 Å². The van der Waals surface area contributed by atoms with Crippen molar-refractivity contribution in [3.8, 4) is 0 Å². The fourth-order valence-corrected chi connectivity index (χ4v) is 2.32. The molecule has 0 saturated carbocycles. The third-order valence-electron chi connectivity index (χ3n) is 2.86. The highest BCUT2D eigenvalue weighted by molar-refractivity contribution is 6.70. The first-order valence-corrected chi connectivity index (χ1v) is 10.3. The molecule has 0 bridgehead atoms. The second kappa shape index (κ2) is 7.57. The van der Waals surface area contributed by atoms with E-state index in [4.69, 9.17) is 0 Å². The van der Waals surface area contributed by atoms with E-state index in [9.17, 15) is 9.59 Å². The van der Waals surface area contributed by atoms with Crippen LogP contribution in [0.5, 0.6) is 0 Å². The van der Waals surface area contributed by atoms with E-state index in [1.54, 1.807) is 13.1 Å². The van der Waals surface area contributed by atoms with E-state index in [0.717, 1.165) is 13.0 Å². The van der Waals surface area contributed by atoms with E-state index in [-0.39, 0.29) is 5.91 Å². The zero-order valence-electron chi connectivity index (χ0n) is 12.9. The fraction of sp³-hybridized carbons (Fsp3) is 0.533. The maximum atomic E-state index is 11.9. The van der Waals surface area contributed by atoms with Crippen LogP contribution in [0.2, 0.25) is 13.1 Å². The summed E-state index contributed by atoms with van der Waals surface area (Å²) in [6.07, 6.45) is 1.34. The molecule has 0 saturated heterocycles. The first-order valence-electron chi connectivity index (χ1n) is 7.11. The number of benzene rings is 1. The molecule has 0 unspecified atom stereocenters. The minimum atomic E-state index is -2.23. The molecule has 1 aromatic rings. The Morgan fingerprint density at radius 2 is 1.85 bits per heavy atom. The lowest BCUT2D eigenvalue weighted by Crippen LogP contribution is -2.42. The van der Waals surface area contributed by atoms with Gasteiger partial charge in [0, 0.05) is 17.8 Å². The van der Waals surface area contributed by atoms with Crippen LogP contribution in [0.4, 0.5) is 0 Å². The predicted molar refractivity (Wildman–Crippen MR) is 85.3 cm³/mol. The van der Waals surface area contributed by atoms with Crippen LogP contribution < -0.4 is 10.6 Å². The summed E-state index contributed by atoms with van der Waals surface area (Å²) in [5.41, 5.74) is 1.86. The Morgan fingerprint density at radius 1 is 1.25 bits per heavy atom. The van der Waals surface area contributed by atoms with Gasteiger partial charge in [0.1, 0.15) is 0 Å². The Labute approximate surface area is 122 Å². The van der Waals surface area contributed by atoms with Gasteiger partial charge in [0.15, 0.2) is 0 Å². The van der Waals surface area contributed by atoms with E-state index < -0.39 is 8.32 Å². The van der Waals surface area contributed by atoms with Crippen LogP contribution in [0.1, 0.15) is 29.8 Å². The van der Waals surface area contributed by atoms with Gasteiger partial charge in [-0.05, 0) is 43.8 Å². The van der Waals surface area contributed by atoms with Gasteiger partial charge < -0.3 is 15.4 Å². The third kappa shape index (κ3) is 6.84. The summed E-state index contributed by atoms with van der Waals surface area (Å²) < 4.78 is 0. The van der Waals surface area contributed by atoms with E-state index in [1.165, 1.54) is 5.56 Å². The van der Waals surface area contributed by atoms with Gasteiger partial charge in [0.25, 0.3) is 5.91 Å². The molecule has 0 aliphatic rings. The summed E-state index contributed by atoms with van der Waals surface area (Å²) in [6, 6.07) is 8.14. The van der Waals surface area contributed by atoms with Crippen molar-refractivity contribution in [1.29, 1.82) is 0 Å². The number of nitrogens with one attached hydrogen (secondary N) is 2. The molecule has 0 aliphatic carbocycles. The first-order chi connectivity index (χ1) is 9.28. The maximum Gasteiger partial charge on any atom is 0.251 e. The Balaban J connectivity index is 2.47. The van der Waals surface area contributed by atoms with Gasteiger partial charge in [-0.15, -0.1) is 0 Å². The van der Waals surface area contributed by atoms with E-state index >= 15 is 0 Å². The first kappa shape index (κ1) is 16.9. The van der Waals surface area contributed by atoms with Crippen molar-refractivity contribution in [2.24, 2.45) is 0 Å². The summed E-state index contributed by atoms with van der Waals surface area (Å²) in [6.45, 7) is 8.79. The molecule has 0 radical (unpaired) electrons. The van der Waals surface area contributed by atoms with Gasteiger partial charge in [-0.2, -0.15) is 0 Å². The maximum absolute atomic E-state index is 11.9. The highest BCUT2D eigenvalue weighted by atomic mass is 28.4. The van der Waals surface area contributed by atoms with Crippen molar-refractivity contribution < 1.29 is 9.59 Å². The van der Waals surface area contributed by atoms with Gasteiger partial charge in [-0.3, -0.25) is 4.79 Å². The number of amides is 1. The van der Waals surface area contributed by atoms with Gasteiger partial charge in [-0.1, -0.05) is 26.0 Å². The van der Waals surface area contributed by atoms with Crippen molar-refractivity contribution in [3.05, 3.63) is 35.4 Å². The number of hydrogen-bond acceptors (Lipinski definition) is 3. The van der Waals surface area contributed by atoms with Crippen LogP contribution >= 0.6 is 0 Å². The van der Waals surface area contributed by atoms with Crippen molar-refractivity contribution in [1.82, 2.24) is 10.6 Å². The Bertz CT molecular complexity index is 424. The molecule has 20 heavy (non-hydrogen) atoms. The molecule has 112 valence electrons. The fourth-order valence-electron chi connectivity index (χ4n) is 1.73. The van der Waals surface area contributed by atoms with Crippen LogP contribution in [0.3, 0.4) is 0 Å².